The van der Waals surface area contributed by atoms with Gasteiger partial charge in [0.1, 0.15) is 17.4 Å². The van der Waals surface area contributed by atoms with Gasteiger partial charge < -0.3 is 10.1 Å². The summed E-state index contributed by atoms with van der Waals surface area (Å²) in [5.74, 6) is -0.652. The summed E-state index contributed by atoms with van der Waals surface area (Å²) in [5.41, 5.74) is 1.32. The zero-order valence-electron chi connectivity index (χ0n) is 11.8. The summed E-state index contributed by atoms with van der Waals surface area (Å²) in [4.78, 5) is 0. The maximum Gasteiger partial charge on any atom is 0.137 e. The third kappa shape index (κ3) is 3.71. The molecule has 0 aromatic heterocycles. The van der Waals surface area contributed by atoms with Gasteiger partial charge >= 0.3 is 0 Å². The lowest BCUT2D eigenvalue weighted by atomic mass is 9.98. The maximum absolute atomic E-state index is 13.4. The molecule has 0 amide bonds. The van der Waals surface area contributed by atoms with Crippen LogP contribution in [-0.2, 0) is 0 Å². The fourth-order valence-corrected chi connectivity index (χ4v) is 2.50. The smallest absolute Gasteiger partial charge is 0.137 e. The van der Waals surface area contributed by atoms with Crippen molar-refractivity contribution < 1.29 is 13.5 Å². The summed E-state index contributed by atoms with van der Waals surface area (Å²) in [6.07, 6.45) is 0. The normalized spacial score (nSPS) is 12.2. The molecule has 2 aromatic rings. The Morgan fingerprint density at radius 3 is 2.29 bits per heavy atom. The van der Waals surface area contributed by atoms with Crippen molar-refractivity contribution in [2.75, 3.05) is 13.7 Å². The van der Waals surface area contributed by atoms with Crippen molar-refractivity contribution >= 4 is 11.6 Å². The molecule has 0 spiro atoms. The standard InChI is InChI=1S/C16H16ClF2NO/c1-3-20-16(11-6-12(18)9-13(19)7-11)10-4-5-15(21-2)14(17)8-10/h4-9,16,20H,3H2,1-2H3. The minimum absolute atomic E-state index is 0.344. The predicted octanol–water partition coefficient (Wildman–Crippen LogP) is 4.33. The molecule has 2 aromatic carbocycles. The average molecular weight is 312 g/mol. The topological polar surface area (TPSA) is 21.3 Å². The lowest BCUT2D eigenvalue weighted by Crippen LogP contribution is -2.22. The van der Waals surface area contributed by atoms with E-state index in [1.165, 1.54) is 19.2 Å². The SMILES string of the molecule is CCNC(c1cc(F)cc(F)c1)c1ccc(OC)c(Cl)c1. The Kier molecular flexibility index (Phi) is 5.15. The third-order valence-corrected chi connectivity index (χ3v) is 3.43. The first-order chi connectivity index (χ1) is 10.0. The zero-order valence-corrected chi connectivity index (χ0v) is 12.5. The molecule has 0 bridgehead atoms. The summed E-state index contributed by atoms with van der Waals surface area (Å²) in [6, 6.07) is 8.43. The van der Waals surface area contributed by atoms with E-state index in [0.717, 1.165) is 11.6 Å². The van der Waals surface area contributed by atoms with Crippen LogP contribution in [0.25, 0.3) is 0 Å². The fraction of sp³-hybridized carbons (Fsp3) is 0.250. The number of hydrogen-bond acceptors (Lipinski definition) is 2. The van der Waals surface area contributed by atoms with E-state index in [9.17, 15) is 8.78 Å². The molecule has 0 aliphatic carbocycles. The summed E-state index contributed by atoms with van der Waals surface area (Å²) in [5, 5.41) is 3.66. The van der Waals surface area contributed by atoms with Crippen LogP contribution in [0.1, 0.15) is 24.1 Å². The molecule has 0 heterocycles. The van der Waals surface area contributed by atoms with Crippen LogP contribution >= 0.6 is 11.6 Å². The van der Waals surface area contributed by atoms with Crippen molar-refractivity contribution in [2.45, 2.75) is 13.0 Å². The first kappa shape index (κ1) is 15.7. The quantitative estimate of drug-likeness (QED) is 0.887. The van der Waals surface area contributed by atoms with Crippen LogP contribution in [0.5, 0.6) is 5.75 Å². The van der Waals surface area contributed by atoms with Gasteiger partial charge in [0.15, 0.2) is 0 Å². The van der Waals surface area contributed by atoms with E-state index in [2.05, 4.69) is 5.32 Å². The van der Waals surface area contributed by atoms with Gasteiger partial charge in [-0.2, -0.15) is 0 Å². The molecule has 112 valence electrons. The van der Waals surface area contributed by atoms with Crippen LogP contribution < -0.4 is 10.1 Å². The highest BCUT2D eigenvalue weighted by Crippen LogP contribution is 2.30. The third-order valence-electron chi connectivity index (χ3n) is 3.14. The molecule has 0 saturated heterocycles. The second-order valence-corrected chi connectivity index (χ2v) is 4.99. The molecule has 2 nitrogen and oxygen atoms in total. The van der Waals surface area contributed by atoms with Gasteiger partial charge in [0.05, 0.1) is 18.2 Å². The van der Waals surface area contributed by atoms with E-state index < -0.39 is 11.6 Å². The van der Waals surface area contributed by atoms with Crippen LogP contribution in [0.15, 0.2) is 36.4 Å². The largest absolute Gasteiger partial charge is 0.495 e. The van der Waals surface area contributed by atoms with Gasteiger partial charge in [0, 0.05) is 6.07 Å². The highest BCUT2D eigenvalue weighted by molar-refractivity contribution is 6.32. The van der Waals surface area contributed by atoms with Gasteiger partial charge in [-0.25, -0.2) is 8.78 Å². The second-order valence-electron chi connectivity index (χ2n) is 4.59. The lowest BCUT2D eigenvalue weighted by molar-refractivity contribution is 0.414. The van der Waals surface area contributed by atoms with Crippen LogP contribution in [-0.4, -0.2) is 13.7 Å². The number of benzene rings is 2. The summed E-state index contributed by atoms with van der Waals surface area (Å²) in [7, 11) is 1.53. The zero-order chi connectivity index (χ0) is 15.4. The molecule has 0 fully saturated rings. The molecule has 21 heavy (non-hydrogen) atoms. The van der Waals surface area contributed by atoms with Crippen molar-refractivity contribution in [3.05, 3.63) is 64.2 Å². The average Bonchev–Trinajstić information content (AvgIpc) is 2.43. The molecule has 1 unspecified atom stereocenters. The van der Waals surface area contributed by atoms with Gasteiger partial charge in [-0.1, -0.05) is 24.6 Å². The molecular weight excluding hydrogens is 296 g/mol. The second kappa shape index (κ2) is 6.87. The van der Waals surface area contributed by atoms with Crippen molar-refractivity contribution in [3.8, 4) is 5.75 Å². The number of methoxy groups -OCH3 is 1. The van der Waals surface area contributed by atoms with E-state index in [-0.39, 0.29) is 6.04 Å². The Hall–Kier alpha value is -1.65. The van der Waals surface area contributed by atoms with E-state index in [4.69, 9.17) is 16.3 Å². The number of hydrogen-bond donors (Lipinski definition) is 1. The molecule has 0 saturated carbocycles. The van der Waals surface area contributed by atoms with Crippen LogP contribution in [0, 0.1) is 11.6 Å². The van der Waals surface area contributed by atoms with Crippen LogP contribution in [0.3, 0.4) is 0 Å². The maximum atomic E-state index is 13.4. The minimum atomic E-state index is -0.604. The molecule has 1 N–H and O–H groups in total. The van der Waals surface area contributed by atoms with Crippen molar-refractivity contribution in [3.63, 3.8) is 0 Å². The Balaban J connectivity index is 2.45. The number of rotatable bonds is 5. The van der Waals surface area contributed by atoms with Gasteiger partial charge in [0.25, 0.3) is 0 Å². The Labute approximate surface area is 127 Å². The number of ether oxygens (including phenoxy) is 1. The molecule has 5 heteroatoms. The Morgan fingerprint density at radius 2 is 1.76 bits per heavy atom. The van der Waals surface area contributed by atoms with E-state index in [1.54, 1.807) is 12.1 Å². The highest BCUT2D eigenvalue weighted by Gasteiger charge is 2.16. The first-order valence-corrected chi connectivity index (χ1v) is 6.95. The Morgan fingerprint density at radius 1 is 1.10 bits per heavy atom. The Bertz CT molecular complexity index is 613. The van der Waals surface area contributed by atoms with E-state index in [1.807, 2.05) is 13.0 Å². The number of halogens is 3. The van der Waals surface area contributed by atoms with Crippen molar-refractivity contribution in [1.29, 1.82) is 0 Å². The van der Waals surface area contributed by atoms with Crippen LogP contribution in [0.4, 0.5) is 8.78 Å². The molecular formula is C16H16ClF2NO. The van der Waals surface area contributed by atoms with Gasteiger partial charge in [-0.05, 0) is 41.9 Å². The van der Waals surface area contributed by atoms with Gasteiger partial charge in [0.2, 0.25) is 0 Å². The highest BCUT2D eigenvalue weighted by atomic mass is 35.5. The molecule has 1 atom stereocenters. The van der Waals surface area contributed by atoms with Crippen LogP contribution in [0.2, 0.25) is 5.02 Å². The summed E-state index contributed by atoms with van der Waals surface area (Å²) >= 11 is 6.12. The molecule has 0 aliphatic heterocycles. The monoisotopic (exact) mass is 311 g/mol. The summed E-state index contributed by atoms with van der Waals surface area (Å²) < 4.78 is 32.0. The molecule has 0 aliphatic rings. The predicted molar refractivity (Wildman–Crippen MR) is 79.9 cm³/mol. The van der Waals surface area contributed by atoms with Crippen molar-refractivity contribution in [1.82, 2.24) is 5.32 Å². The van der Waals surface area contributed by atoms with Crippen molar-refractivity contribution in [2.24, 2.45) is 0 Å². The lowest BCUT2D eigenvalue weighted by Gasteiger charge is -2.20. The summed E-state index contributed by atoms with van der Waals surface area (Å²) in [6.45, 7) is 2.57. The van der Waals surface area contributed by atoms with E-state index >= 15 is 0 Å². The van der Waals surface area contributed by atoms with Gasteiger partial charge in [-0.3, -0.25) is 0 Å². The van der Waals surface area contributed by atoms with E-state index in [0.29, 0.717) is 22.9 Å². The van der Waals surface area contributed by atoms with Gasteiger partial charge in [-0.15, -0.1) is 0 Å². The first-order valence-electron chi connectivity index (χ1n) is 6.58. The molecule has 2 rings (SSSR count). The number of nitrogens with one attached hydrogen (secondary N) is 1. The fourth-order valence-electron chi connectivity index (χ4n) is 2.24. The minimum Gasteiger partial charge on any atom is -0.495 e. The molecule has 0 radical (unpaired) electrons.